The zero-order valence-electron chi connectivity index (χ0n) is 45.5. The second kappa shape index (κ2) is 21.8. The van der Waals surface area contributed by atoms with Gasteiger partial charge in [-0.25, -0.2) is 4.79 Å². The molecule has 9 rings (SSSR count). The fourth-order valence-electron chi connectivity index (χ4n) is 16.5. The van der Waals surface area contributed by atoms with Gasteiger partial charge < -0.3 is 109 Å². The molecule has 3 unspecified atom stereocenters. The minimum absolute atomic E-state index is 0.0129. The van der Waals surface area contributed by atoms with Crippen LogP contribution >= 0.6 is 0 Å². The third-order valence-corrected chi connectivity index (χ3v) is 21.4. The highest BCUT2D eigenvalue weighted by Crippen LogP contribution is 2.76. The highest BCUT2D eigenvalue weighted by molar-refractivity contribution is 5.79. The molecule has 14 N–H and O–H groups in total. The van der Waals surface area contributed by atoms with E-state index in [1.165, 1.54) is 5.57 Å². The van der Waals surface area contributed by atoms with E-state index in [0.717, 1.165) is 19.3 Å². The SMILES string of the molecule is CC1(C)CC[C@]2(C(=O)O[C@@H]3O[C@H](CO)[C@@H](O)[C@H](O)[C@H]3O)CC[C@]3(C)C(=CCC4[C@@]5(C)CC[C@H](O[C@@H]6O[C@H](C(=O)O)[C@@H](O[C@@H]7O[C@H](CO)[C@@H](O)[C@H](O)[C@H]7O)[C@H](O)[C@H]6O[C@@H]6O[C@H](CO)[C@@H](O)[C@H](O)[C@H]6O)C(C)(C)C5CC[C@]43C)C2C1. The minimum atomic E-state index is -2.10. The summed E-state index contributed by atoms with van der Waals surface area (Å²) in [6.45, 7) is 13.2. The molecule has 9 aliphatic rings. The fourth-order valence-corrected chi connectivity index (χ4v) is 16.5. The molecule has 0 spiro atoms. The van der Waals surface area contributed by atoms with Gasteiger partial charge in [0.05, 0.1) is 31.3 Å². The maximum absolute atomic E-state index is 14.8. The molecule has 5 aliphatic carbocycles. The Morgan fingerprint density at radius 1 is 0.551 bits per heavy atom. The number of carboxylic acid groups (broad SMARTS) is 1. The number of hydrogen-bond acceptors (Lipinski definition) is 23. The van der Waals surface area contributed by atoms with E-state index in [-0.39, 0.29) is 39.4 Å². The maximum atomic E-state index is 14.8. The molecule has 0 aromatic rings. The molecule has 4 heterocycles. The van der Waals surface area contributed by atoms with E-state index in [1.807, 2.05) is 0 Å². The number of allylic oxidation sites excluding steroid dienone is 2. The number of carbonyl (C=O) groups is 2. The molecule has 78 heavy (non-hydrogen) atoms. The number of rotatable bonds is 12. The molecule has 24 nitrogen and oxygen atoms in total. The van der Waals surface area contributed by atoms with Crippen molar-refractivity contribution in [2.75, 3.05) is 19.8 Å². The first-order chi connectivity index (χ1) is 36.5. The van der Waals surface area contributed by atoms with E-state index >= 15 is 0 Å². The van der Waals surface area contributed by atoms with Crippen molar-refractivity contribution in [3.8, 4) is 0 Å². The number of carboxylic acids is 1. The van der Waals surface area contributed by atoms with Crippen LogP contribution in [0, 0.1) is 50.2 Å². The monoisotopic (exact) mass is 1120 g/mol. The van der Waals surface area contributed by atoms with E-state index in [9.17, 15) is 81.1 Å². The van der Waals surface area contributed by atoms with Crippen LogP contribution in [0.25, 0.3) is 0 Å². The first kappa shape index (κ1) is 60.5. The molecule has 8 fully saturated rings. The lowest BCUT2D eigenvalue weighted by Crippen LogP contribution is -2.68. The van der Waals surface area contributed by atoms with Crippen molar-refractivity contribution in [2.24, 2.45) is 50.2 Å². The van der Waals surface area contributed by atoms with E-state index in [0.29, 0.717) is 44.9 Å². The summed E-state index contributed by atoms with van der Waals surface area (Å²) in [5.41, 5.74) is -1.51. The Bertz CT molecular complexity index is 2190. The highest BCUT2D eigenvalue weighted by Gasteiger charge is 2.70. The molecular weight excluding hydrogens is 1030 g/mol. The third kappa shape index (κ3) is 9.72. The lowest BCUT2D eigenvalue weighted by molar-refractivity contribution is -0.391. The van der Waals surface area contributed by atoms with Gasteiger partial charge in [-0.3, -0.25) is 4.79 Å². The van der Waals surface area contributed by atoms with Gasteiger partial charge in [0.25, 0.3) is 0 Å². The second-order valence-electron chi connectivity index (χ2n) is 26.3. The van der Waals surface area contributed by atoms with E-state index in [2.05, 4.69) is 54.5 Å². The molecule has 28 atom stereocenters. The van der Waals surface area contributed by atoms with Crippen molar-refractivity contribution < 1.29 is 119 Å². The zero-order chi connectivity index (χ0) is 57.1. The van der Waals surface area contributed by atoms with Gasteiger partial charge in [0.15, 0.2) is 25.0 Å². The number of aliphatic hydroxyl groups is 13. The highest BCUT2D eigenvalue weighted by atomic mass is 16.8. The number of carbonyl (C=O) groups excluding carboxylic acids is 1. The van der Waals surface area contributed by atoms with Crippen LogP contribution in [0.5, 0.6) is 0 Å². The largest absolute Gasteiger partial charge is 0.479 e. The number of fused-ring (bicyclic) bond motifs is 7. The Labute approximate surface area is 453 Å². The van der Waals surface area contributed by atoms with Crippen LogP contribution in [0.2, 0.25) is 0 Å². The van der Waals surface area contributed by atoms with Crippen LogP contribution in [-0.4, -0.2) is 232 Å². The number of ether oxygens (including phenoxy) is 8. The van der Waals surface area contributed by atoms with Crippen molar-refractivity contribution in [2.45, 2.75) is 242 Å². The average Bonchev–Trinajstić information content (AvgIpc) is 2.51. The molecular formula is C54H86O24. The lowest BCUT2D eigenvalue weighted by atomic mass is 9.33. The Hall–Kier alpha value is -2.12. The van der Waals surface area contributed by atoms with Gasteiger partial charge in [-0.05, 0) is 109 Å². The third-order valence-electron chi connectivity index (χ3n) is 21.4. The van der Waals surface area contributed by atoms with Gasteiger partial charge in [-0.1, -0.05) is 60.1 Å². The van der Waals surface area contributed by atoms with Gasteiger partial charge in [-0.15, -0.1) is 0 Å². The van der Waals surface area contributed by atoms with Crippen LogP contribution in [0.15, 0.2) is 11.6 Å². The number of hydrogen-bond donors (Lipinski definition) is 14. The van der Waals surface area contributed by atoms with E-state index in [4.69, 9.17) is 37.9 Å². The predicted octanol–water partition coefficient (Wildman–Crippen LogP) is -1.94. The van der Waals surface area contributed by atoms with Gasteiger partial charge in [0.1, 0.15) is 91.6 Å². The Kier molecular flexibility index (Phi) is 16.9. The normalized spacial score (nSPS) is 52.8. The number of aliphatic carboxylic acids is 1. The van der Waals surface area contributed by atoms with Crippen LogP contribution in [0.4, 0.5) is 0 Å². The fraction of sp³-hybridized carbons (Fsp3) is 0.926. The Balaban J connectivity index is 0.987. The molecule has 0 aromatic carbocycles. The summed E-state index contributed by atoms with van der Waals surface area (Å²) < 4.78 is 47.8. The maximum Gasteiger partial charge on any atom is 0.335 e. The number of aliphatic hydroxyl groups excluding tert-OH is 13. The standard InChI is InChI=1S/C54H86O24/c1-49(2)14-16-54(48(70)78-46-38(66)35(63)32(60)26(21-57)73-46)17-15-52(6)22(23(54)18-49)8-9-28-51(5)12-11-29(50(3,4)27(51)10-13-53(28,52)7)74-47-41(76-45-37(65)34(62)31(59)25(20-56)72-45)39(67)40(42(77-47)43(68)69)75-44-36(64)33(61)30(58)24(19-55)71-44/h8,23-42,44-47,55-67H,9-21H2,1-7H3,(H,68,69)/t23?,24-,25-,26-,27?,28?,29+,30-,31-,32-,33+,34+,35+,36-,37-,38-,39+,40+,41-,42+,44+,45+,46+,47-,51+,52-,53-,54+/m1/s1. The van der Waals surface area contributed by atoms with E-state index in [1.54, 1.807) is 0 Å². The molecule has 446 valence electrons. The van der Waals surface area contributed by atoms with Crippen molar-refractivity contribution in [1.82, 2.24) is 0 Å². The van der Waals surface area contributed by atoms with Gasteiger partial charge in [-0.2, -0.15) is 0 Å². The Morgan fingerprint density at radius 3 is 1.60 bits per heavy atom. The summed E-state index contributed by atoms with van der Waals surface area (Å²) in [7, 11) is 0. The van der Waals surface area contributed by atoms with Crippen LogP contribution < -0.4 is 0 Å². The first-order valence-corrected chi connectivity index (χ1v) is 27.8. The Morgan fingerprint density at radius 2 is 1.06 bits per heavy atom. The summed E-state index contributed by atoms with van der Waals surface area (Å²) in [6.07, 6.45) is -27.8. The van der Waals surface area contributed by atoms with Gasteiger partial charge >= 0.3 is 11.9 Å². The van der Waals surface area contributed by atoms with Crippen molar-refractivity contribution in [1.29, 1.82) is 0 Å². The van der Waals surface area contributed by atoms with Crippen LogP contribution in [0.3, 0.4) is 0 Å². The molecule has 0 amide bonds. The molecule has 4 saturated carbocycles. The predicted molar refractivity (Wildman–Crippen MR) is 263 cm³/mol. The molecule has 0 aromatic heterocycles. The smallest absolute Gasteiger partial charge is 0.335 e. The van der Waals surface area contributed by atoms with Crippen LogP contribution in [0.1, 0.15) is 113 Å². The molecule has 24 heteroatoms. The zero-order valence-corrected chi connectivity index (χ0v) is 45.5. The summed E-state index contributed by atoms with van der Waals surface area (Å²) in [5, 5.41) is 149. The quantitative estimate of drug-likeness (QED) is 0.0574. The van der Waals surface area contributed by atoms with Crippen molar-refractivity contribution >= 4 is 11.9 Å². The molecule has 0 radical (unpaired) electrons. The van der Waals surface area contributed by atoms with Gasteiger partial charge in [0, 0.05) is 0 Å². The van der Waals surface area contributed by atoms with E-state index < -0.39 is 172 Å². The summed E-state index contributed by atoms with van der Waals surface area (Å²) in [5.74, 6) is -2.30. The summed E-state index contributed by atoms with van der Waals surface area (Å²) >= 11 is 0. The minimum Gasteiger partial charge on any atom is -0.479 e. The van der Waals surface area contributed by atoms with Gasteiger partial charge in [0.2, 0.25) is 6.29 Å². The number of esters is 1. The topological polar surface area (TPSA) is 391 Å². The van der Waals surface area contributed by atoms with Crippen molar-refractivity contribution in [3.05, 3.63) is 11.6 Å². The first-order valence-electron chi connectivity index (χ1n) is 27.8. The lowest BCUT2D eigenvalue weighted by Gasteiger charge is -2.71. The molecule has 4 saturated heterocycles. The van der Waals surface area contributed by atoms with Crippen molar-refractivity contribution in [3.63, 3.8) is 0 Å². The second-order valence-corrected chi connectivity index (χ2v) is 26.3. The average molecular weight is 1120 g/mol. The summed E-state index contributed by atoms with van der Waals surface area (Å²) in [6, 6.07) is 0. The van der Waals surface area contributed by atoms with Crippen LogP contribution in [-0.2, 0) is 47.5 Å². The summed E-state index contributed by atoms with van der Waals surface area (Å²) in [4.78, 5) is 27.9. The molecule has 4 aliphatic heterocycles. The molecule has 0 bridgehead atoms.